The van der Waals surface area contributed by atoms with Gasteiger partial charge in [0.2, 0.25) is 10.0 Å². The largest absolute Gasteiger partial charge is 0.494 e. The zero-order valence-electron chi connectivity index (χ0n) is 15.6. The molecule has 2 amide bonds. The summed E-state index contributed by atoms with van der Waals surface area (Å²) in [5.74, 6) is -0.364. The van der Waals surface area contributed by atoms with Gasteiger partial charge in [-0.25, -0.2) is 13.6 Å². The predicted octanol–water partition coefficient (Wildman–Crippen LogP) is 2.29. The number of nitrogens with zero attached hydrogens (tertiary/aromatic N) is 1. The molecule has 1 heterocycles. The number of hydrogen-bond donors (Lipinski definition) is 1. The van der Waals surface area contributed by atoms with E-state index < -0.39 is 21.8 Å². The fourth-order valence-electron chi connectivity index (χ4n) is 2.97. The molecule has 152 valence electrons. The standard InChI is InChI=1S/C20H19ClN2O5S/c1-2-28-15-7-5-14(6-8-15)17-18(21)20(25)23(19(17)24)12-11-13-3-9-16(10-4-13)29(22,26)27/h3-10H,2,11-12H2,1H3,(H2,22,26,27). The average molecular weight is 435 g/mol. The minimum Gasteiger partial charge on any atom is -0.494 e. The van der Waals surface area contributed by atoms with Crippen molar-refractivity contribution in [3.8, 4) is 5.75 Å². The minimum atomic E-state index is -3.77. The van der Waals surface area contributed by atoms with E-state index in [1.54, 1.807) is 36.4 Å². The molecule has 2 N–H and O–H groups in total. The van der Waals surface area contributed by atoms with Crippen LogP contribution in [0.1, 0.15) is 18.1 Å². The first-order valence-electron chi connectivity index (χ1n) is 8.83. The molecule has 0 fully saturated rings. The predicted molar refractivity (Wildman–Crippen MR) is 109 cm³/mol. The van der Waals surface area contributed by atoms with Gasteiger partial charge in [-0.15, -0.1) is 0 Å². The van der Waals surface area contributed by atoms with Gasteiger partial charge in [0.1, 0.15) is 10.8 Å². The summed E-state index contributed by atoms with van der Waals surface area (Å²) in [7, 11) is -3.77. The van der Waals surface area contributed by atoms with Gasteiger partial charge in [-0.3, -0.25) is 14.5 Å². The van der Waals surface area contributed by atoms with Gasteiger partial charge in [-0.05, 0) is 48.7 Å². The zero-order chi connectivity index (χ0) is 21.2. The van der Waals surface area contributed by atoms with E-state index in [9.17, 15) is 18.0 Å². The Morgan fingerprint density at radius 1 is 1.00 bits per heavy atom. The van der Waals surface area contributed by atoms with Gasteiger partial charge in [0.05, 0.1) is 17.1 Å². The number of halogens is 1. The number of imide groups is 1. The summed E-state index contributed by atoms with van der Waals surface area (Å²) in [5, 5.41) is 4.95. The van der Waals surface area contributed by atoms with E-state index in [4.69, 9.17) is 21.5 Å². The summed E-state index contributed by atoms with van der Waals surface area (Å²) in [5.41, 5.74) is 1.45. The molecule has 29 heavy (non-hydrogen) atoms. The Morgan fingerprint density at radius 3 is 2.17 bits per heavy atom. The van der Waals surface area contributed by atoms with Gasteiger partial charge in [0.15, 0.2) is 0 Å². The van der Waals surface area contributed by atoms with Crippen molar-refractivity contribution in [3.63, 3.8) is 0 Å². The zero-order valence-corrected chi connectivity index (χ0v) is 17.2. The van der Waals surface area contributed by atoms with E-state index in [2.05, 4.69) is 0 Å². The number of carbonyl (C=O) groups is 2. The quantitative estimate of drug-likeness (QED) is 0.673. The first-order valence-corrected chi connectivity index (χ1v) is 10.8. The van der Waals surface area contributed by atoms with Crippen LogP contribution in [0.5, 0.6) is 5.75 Å². The molecular weight excluding hydrogens is 416 g/mol. The fourth-order valence-corrected chi connectivity index (χ4v) is 3.78. The van der Waals surface area contributed by atoms with Gasteiger partial charge in [-0.2, -0.15) is 0 Å². The van der Waals surface area contributed by atoms with E-state index in [0.29, 0.717) is 24.3 Å². The van der Waals surface area contributed by atoms with Crippen LogP contribution >= 0.6 is 11.6 Å². The van der Waals surface area contributed by atoms with Crippen molar-refractivity contribution in [2.24, 2.45) is 5.14 Å². The van der Waals surface area contributed by atoms with Crippen LogP contribution in [-0.4, -0.2) is 38.3 Å². The highest BCUT2D eigenvalue weighted by atomic mass is 35.5. The number of benzene rings is 2. The van der Waals surface area contributed by atoms with E-state index >= 15 is 0 Å². The van der Waals surface area contributed by atoms with Gasteiger partial charge >= 0.3 is 0 Å². The van der Waals surface area contributed by atoms with Crippen molar-refractivity contribution < 1.29 is 22.7 Å². The van der Waals surface area contributed by atoms with Crippen molar-refractivity contribution in [3.05, 3.63) is 64.7 Å². The first kappa shape index (κ1) is 21.0. The number of nitrogens with two attached hydrogens (primary N) is 1. The molecule has 0 radical (unpaired) electrons. The van der Waals surface area contributed by atoms with Crippen molar-refractivity contribution in [1.82, 2.24) is 4.90 Å². The van der Waals surface area contributed by atoms with Crippen LogP contribution in [0.4, 0.5) is 0 Å². The molecule has 0 bridgehead atoms. The van der Waals surface area contributed by atoms with Crippen LogP contribution in [0.25, 0.3) is 5.57 Å². The lowest BCUT2D eigenvalue weighted by Gasteiger charge is -2.15. The average Bonchev–Trinajstić information content (AvgIpc) is 2.89. The highest BCUT2D eigenvalue weighted by Crippen LogP contribution is 2.32. The van der Waals surface area contributed by atoms with Crippen molar-refractivity contribution in [2.75, 3.05) is 13.2 Å². The molecule has 1 aliphatic rings. The molecule has 0 saturated heterocycles. The molecule has 9 heteroatoms. The number of rotatable bonds is 7. The number of amides is 2. The van der Waals surface area contributed by atoms with Gasteiger partial charge in [0.25, 0.3) is 11.8 Å². The first-order chi connectivity index (χ1) is 13.7. The van der Waals surface area contributed by atoms with E-state index in [1.807, 2.05) is 6.92 Å². The lowest BCUT2D eigenvalue weighted by Crippen LogP contribution is -2.33. The number of sulfonamides is 1. The third kappa shape index (κ3) is 4.50. The Hall–Kier alpha value is -2.68. The normalized spacial score (nSPS) is 14.7. The molecule has 0 saturated carbocycles. The second-order valence-electron chi connectivity index (χ2n) is 6.35. The van der Waals surface area contributed by atoms with Gasteiger partial charge in [-0.1, -0.05) is 35.9 Å². The number of primary sulfonamides is 1. The van der Waals surface area contributed by atoms with Gasteiger partial charge < -0.3 is 4.74 Å². The molecule has 0 unspecified atom stereocenters. The monoisotopic (exact) mass is 434 g/mol. The van der Waals surface area contributed by atoms with Crippen molar-refractivity contribution >= 4 is 39.0 Å². The molecule has 0 aromatic heterocycles. The van der Waals surface area contributed by atoms with Crippen LogP contribution in [-0.2, 0) is 26.0 Å². The molecule has 0 atom stereocenters. The summed E-state index contributed by atoms with van der Waals surface area (Å²) in [6, 6.07) is 12.7. The van der Waals surface area contributed by atoms with Crippen LogP contribution in [0, 0.1) is 0 Å². The maximum atomic E-state index is 12.8. The van der Waals surface area contributed by atoms with Crippen molar-refractivity contribution in [2.45, 2.75) is 18.2 Å². The number of hydrogen-bond acceptors (Lipinski definition) is 5. The Bertz CT molecular complexity index is 1080. The molecule has 0 spiro atoms. The van der Waals surface area contributed by atoms with E-state index in [1.165, 1.54) is 12.1 Å². The molecule has 2 aromatic carbocycles. The van der Waals surface area contributed by atoms with Gasteiger partial charge in [0, 0.05) is 6.54 Å². The van der Waals surface area contributed by atoms with Crippen LogP contribution in [0.2, 0.25) is 0 Å². The highest BCUT2D eigenvalue weighted by molar-refractivity contribution is 7.89. The SMILES string of the molecule is CCOc1ccc(C2=C(Cl)C(=O)N(CCc3ccc(S(N)(=O)=O)cc3)C2=O)cc1. The number of carbonyl (C=O) groups excluding carboxylic acids is 2. The smallest absolute Gasteiger partial charge is 0.273 e. The molecule has 1 aliphatic heterocycles. The Labute approximate surface area is 173 Å². The second-order valence-corrected chi connectivity index (χ2v) is 8.29. The van der Waals surface area contributed by atoms with Crippen LogP contribution in [0.3, 0.4) is 0 Å². The van der Waals surface area contributed by atoms with Crippen molar-refractivity contribution in [1.29, 1.82) is 0 Å². The maximum absolute atomic E-state index is 12.8. The lowest BCUT2D eigenvalue weighted by atomic mass is 10.1. The molecule has 0 aliphatic carbocycles. The lowest BCUT2D eigenvalue weighted by molar-refractivity contribution is -0.136. The fraction of sp³-hybridized carbons (Fsp3) is 0.200. The van der Waals surface area contributed by atoms with E-state index in [-0.39, 0.29) is 22.0 Å². The van der Waals surface area contributed by atoms with Crippen LogP contribution < -0.4 is 9.88 Å². The third-order valence-electron chi connectivity index (χ3n) is 4.44. The van der Waals surface area contributed by atoms with E-state index in [0.717, 1.165) is 10.5 Å². The molecule has 2 aromatic rings. The topological polar surface area (TPSA) is 107 Å². The molecule has 7 nitrogen and oxygen atoms in total. The summed E-state index contributed by atoms with van der Waals surface area (Å²) < 4.78 is 28.0. The molecule has 3 rings (SSSR count). The Kier molecular flexibility index (Phi) is 6.07. The summed E-state index contributed by atoms with van der Waals surface area (Å²) in [4.78, 5) is 26.3. The maximum Gasteiger partial charge on any atom is 0.273 e. The third-order valence-corrected chi connectivity index (χ3v) is 5.72. The highest BCUT2D eigenvalue weighted by Gasteiger charge is 2.37. The van der Waals surface area contributed by atoms with Crippen LogP contribution in [0.15, 0.2) is 58.5 Å². The summed E-state index contributed by atoms with van der Waals surface area (Å²) in [6.07, 6.45) is 0.350. The summed E-state index contributed by atoms with van der Waals surface area (Å²) >= 11 is 6.16. The minimum absolute atomic E-state index is 0.00271. The Balaban J connectivity index is 1.73. The molecular formula is C20H19ClN2O5S. The Morgan fingerprint density at radius 2 is 1.62 bits per heavy atom. The summed E-state index contributed by atoms with van der Waals surface area (Å²) in [6.45, 7) is 2.50. The second kappa shape index (κ2) is 8.36. The number of ether oxygens (including phenoxy) is 1.